The molecule has 4 aromatic rings. The molecule has 0 unspecified atom stereocenters. The number of carbonyl (C=O) groups excluding carboxylic acids is 2. The highest BCUT2D eigenvalue weighted by Crippen LogP contribution is 2.29. The Bertz CT molecular complexity index is 1320. The van der Waals surface area contributed by atoms with Crippen molar-refractivity contribution in [2.45, 2.75) is 57.0 Å². The van der Waals surface area contributed by atoms with Gasteiger partial charge in [0, 0.05) is 30.2 Å². The third-order valence-electron chi connectivity index (χ3n) is 5.47. The molecule has 2 heterocycles. The number of aryl methyl sites for hydroxylation is 1. The number of hydrogen-bond acceptors (Lipinski definition) is 6. The van der Waals surface area contributed by atoms with Crippen molar-refractivity contribution in [3.05, 3.63) is 48.5 Å². The number of carbonyl (C=O) groups is 2. The van der Waals surface area contributed by atoms with E-state index in [0.717, 1.165) is 41.5 Å². The van der Waals surface area contributed by atoms with Gasteiger partial charge in [0.25, 0.3) is 0 Å². The molecule has 0 aliphatic carbocycles. The molecule has 0 spiro atoms. The highest BCUT2D eigenvalue weighted by atomic mass is 32.2. The number of unbranched alkanes of at least 4 members (excludes halogenated alkanes) is 1. The van der Waals surface area contributed by atoms with E-state index in [9.17, 15) is 9.59 Å². The summed E-state index contributed by atoms with van der Waals surface area (Å²) in [5.41, 5.74) is 4.02. The van der Waals surface area contributed by atoms with Crippen LogP contribution < -0.4 is 10.6 Å². The topological polar surface area (TPSA) is 102 Å². The largest absolute Gasteiger partial charge is 0.326 e. The molecule has 2 aromatic carbocycles. The minimum atomic E-state index is -0.372. The predicted molar refractivity (Wildman–Crippen MR) is 137 cm³/mol. The van der Waals surface area contributed by atoms with Gasteiger partial charge >= 0.3 is 0 Å². The first-order valence-corrected chi connectivity index (χ1v) is 12.3. The summed E-state index contributed by atoms with van der Waals surface area (Å²) in [4.78, 5) is 28.9. The Kier molecular flexibility index (Phi) is 7.42. The third-order valence-corrected chi connectivity index (χ3v) is 6.69. The zero-order valence-electron chi connectivity index (χ0n) is 19.5. The van der Waals surface area contributed by atoms with Crippen molar-refractivity contribution in [2.75, 3.05) is 10.6 Å². The standard InChI is InChI=1S/C25H28N6O2S/c1-4-6-15-31-20-10-8-7-9-19(20)22-23(31)28-25(30-29-22)34-21(5-2)24(33)27-18-13-11-17(12-14-18)26-16(3)32/h7-14,21H,4-6,15H2,1-3H3,(H,26,32)(H,27,33)/t21-/m0/s1. The Labute approximate surface area is 202 Å². The van der Waals surface area contributed by atoms with E-state index in [2.05, 4.69) is 38.4 Å². The van der Waals surface area contributed by atoms with Crippen LogP contribution in [0.15, 0.2) is 53.7 Å². The number of nitrogens with one attached hydrogen (secondary N) is 2. The van der Waals surface area contributed by atoms with Crippen molar-refractivity contribution in [3.8, 4) is 0 Å². The van der Waals surface area contributed by atoms with Crippen molar-refractivity contribution in [3.63, 3.8) is 0 Å². The molecule has 0 aliphatic rings. The van der Waals surface area contributed by atoms with E-state index in [1.165, 1.54) is 18.7 Å². The average molecular weight is 477 g/mol. The number of benzene rings is 2. The number of hydrogen-bond donors (Lipinski definition) is 2. The molecule has 0 aliphatic heterocycles. The summed E-state index contributed by atoms with van der Waals surface area (Å²) in [6.45, 7) is 6.44. The molecular formula is C25H28N6O2S. The van der Waals surface area contributed by atoms with Crippen molar-refractivity contribution < 1.29 is 9.59 Å². The number of thioether (sulfide) groups is 1. The quantitative estimate of drug-likeness (QED) is 0.320. The van der Waals surface area contributed by atoms with E-state index < -0.39 is 0 Å². The molecule has 9 heteroatoms. The van der Waals surface area contributed by atoms with Gasteiger partial charge in [0.15, 0.2) is 5.65 Å². The van der Waals surface area contributed by atoms with Crippen molar-refractivity contribution in [2.24, 2.45) is 0 Å². The van der Waals surface area contributed by atoms with Crippen LogP contribution >= 0.6 is 11.8 Å². The fraction of sp³-hybridized carbons (Fsp3) is 0.320. The molecule has 2 N–H and O–H groups in total. The molecule has 8 nitrogen and oxygen atoms in total. The van der Waals surface area contributed by atoms with Crippen LogP contribution in [0.1, 0.15) is 40.0 Å². The van der Waals surface area contributed by atoms with Gasteiger partial charge in [0.1, 0.15) is 5.52 Å². The molecule has 2 amide bonds. The van der Waals surface area contributed by atoms with Gasteiger partial charge in [0.2, 0.25) is 17.0 Å². The van der Waals surface area contributed by atoms with Crippen LogP contribution in [-0.4, -0.2) is 36.8 Å². The van der Waals surface area contributed by atoms with Crippen molar-refractivity contribution in [1.82, 2.24) is 19.7 Å². The monoisotopic (exact) mass is 476 g/mol. The van der Waals surface area contributed by atoms with Gasteiger partial charge in [-0.25, -0.2) is 4.98 Å². The van der Waals surface area contributed by atoms with E-state index in [4.69, 9.17) is 4.98 Å². The lowest BCUT2D eigenvalue weighted by atomic mass is 10.2. The summed E-state index contributed by atoms with van der Waals surface area (Å²) in [5.74, 6) is -0.270. The second kappa shape index (κ2) is 10.6. The molecule has 0 bridgehead atoms. The molecule has 1 atom stereocenters. The minimum Gasteiger partial charge on any atom is -0.326 e. The Morgan fingerprint density at radius 3 is 2.38 bits per heavy atom. The maximum Gasteiger partial charge on any atom is 0.237 e. The molecule has 0 radical (unpaired) electrons. The van der Waals surface area contributed by atoms with E-state index in [1.54, 1.807) is 24.3 Å². The van der Waals surface area contributed by atoms with Crippen LogP contribution in [0.5, 0.6) is 0 Å². The lowest BCUT2D eigenvalue weighted by molar-refractivity contribution is -0.116. The lowest BCUT2D eigenvalue weighted by Crippen LogP contribution is -2.25. The zero-order chi connectivity index (χ0) is 24.1. The summed E-state index contributed by atoms with van der Waals surface area (Å²) >= 11 is 1.32. The lowest BCUT2D eigenvalue weighted by Gasteiger charge is -2.14. The number of para-hydroxylation sites is 1. The SMILES string of the molecule is CCCCn1c2ccccc2c2nnc(S[C@@H](CC)C(=O)Nc3ccc(NC(C)=O)cc3)nc21. The van der Waals surface area contributed by atoms with Gasteiger partial charge < -0.3 is 15.2 Å². The van der Waals surface area contributed by atoms with Gasteiger partial charge in [-0.2, -0.15) is 0 Å². The number of anilines is 2. The Morgan fingerprint density at radius 1 is 1.00 bits per heavy atom. The van der Waals surface area contributed by atoms with Gasteiger partial charge in [-0.15, -0.1) is 10.2 Å². The smallest absolute Gasteiger partial charge is 0.237 e. The molecule has 0 saturated carbocycles. The third kappa shape index (κ3) is 5.20. The van der Waals surface area contributed by atoms with Crippen LogP contribution in [0.2, 0.25) is 0 Å². The second-order valence-corrected chi connectivity index (χ2v) is 9.22. The van der Waals surface area contributed by atoms with E-state index in [1.807, 2.05) is 25.1 Å². The Balaban J connectivity index is 1.54. The van der Waals surface area contributed by atoms with Crippen molar-refractivity contribution >= 4 is 57.0 Å². The normalized spacial score (nSPS) is 12.1. The summed E-state index contributed by atoms with van der Waals surface area (Å²) in [6.07, 6.45) is 2.74. The van der Waals surface area contributed by atoms with E-state index in [-0.39, 0.29) is 17.1 Å². The second-order valence-electron chi connectivity index (χ2n) is 8.05. The number of nitrogens with zero attached hydrogens (tertiary/aromatic N) is 4. The first-order chi connectivity index (χ1) is 16.5. The molecule has 176 valence electrons. The number of aromatic nitrogens is 4. The maximum absolute atomic E-state index is 12.9. The first-order valence-electron chi connectivity index (χ1n) is 11.5. The summed E-state index contributed by atoms with van der Waals surface area (Å²) in [6, 6.07) is 15.2. The van der Waals surface area contributed by atoms with Crippen LogP contribution in [-0.2, 0) is 16.1 Å². The minimum absolute atomic E-state index is 0.130. The molecule has 0 fully saturated rings. The van der Waals surface area contributed by atoms with Gasteiger partial charge in [-0.1, -0.05) is 50.2 Å². The zero-order valence-corrected chi connectivity index (χ0v) is 20.4. The number of amides is 2. The summed E-state index contributed by atoms with van der Waals surface area (Å²) in [5, 5.41) is 15.6. The number of fused-ring (bicyclic) bond motifs is 3. The van der Waals surface area contributed by atoms with E-state index >= 15 is 0 Å². The first kappa shape index (κ1) is 23.7. The van der Waals surface area contributed by atoms with Crippen LogP contribution in [0, 0.1) is 0 Å². The van der Waals surface area contributed by atoms with Crippen LogP contribution in [0.4, 0.5) is 11.4 Å². The Hall–Kier alpha value is -3.46. The highest BCUT2D eigenvalue weighted by Gasteiger charge is 2.21. The van der Waals surface area contributed by atoms with Gasteiger partial charge in [0.05, 0.1) is 10.8 Å². The van der Waals surface area contributed by atoms with Gasteiger partial charge in [-0.05, 0) is 43.2 Å². The molecule has 0 saturated heterocycles. The van der Waals surface area contributed by atoms with Gasteiger partial charge in [-0.3, -0.25) is 9.59 Å². The fourth-order valence-corrected chi connectivity index (χ4v) is 4.61. The maximum atomic E-state index is 12.9. The molecular weight excluding hydrogens is 448 g/mol. The average Bonchev–Trinajstić information content (AvgIpc) is 3.15. The van der Waals surface area contributed by atoms with Crippen LogP contribution in [0.25, 0.3) is 22.1 Å². The highest BCUT2D eigenvalue weighted by molar-refractivity contribution is 8.00. The van der Waals surface area contributed by atoms with Crippen molar-refractivity contribution in [1.29, 1.82) is 0 Å². The summed E-state index contributed by atoms with van der Waals surface area (Å²) < 4.78 is 2.20. The number of rotatable bonds is 9. The Morgan fingerprint density at radius 2 is 1.71 bits per heavy atom. The fourth-order valence-electron chi connectivity index (χ4n) is 3.79. The molecule has 4 rings (SSSR count). The molecule has 34 heavy (non-hydrogen) atoms. The summed E-state index contributed by atoms with van der Waals surface area (Å²) in [7, 11) is 0. The van der Waals surface area contributed by atoms with E-state index in [0.29, 0.717) is 23.0 Å². The van der Waals surface area contributed by atoms with Crippen LogP contribution in [0.3, 0.4) is 0 Å². The molecule has 2 aromatic heterocycles. The predicted octanol–water partition coefficient (Wildman–Crippen LogP) is 5.25.